The SMILES string of the molecule is c1ccc(CSCCN(CCN(Cc2ccccc2)Cc2ccccc2)Cc2ccccc2)cc1. The molecule has 0 fully saturated rings. The highest BCUT2D eigenvalue weighted by molar-refractivity contribution is 7.98. The fourth-order valence-corrected chi connectivity index (χ4v) is 5.21. The number of hydrogen-bond acceptors (Lipinski definition) is 3. The summed E-state index contributed by atoms with van der Waals surface area (Å²) in [4.78, 5) is 5.20. The topological polar surface area (TPSA) is 6.48 Å². The fraction of sp³-hybridized carbons (Fsp3) is 0.250. The second kappa shape index (κ2) is 14.5. The van der Waals surface area contributed by atoms with Crippen molar-refractivity contribution in [3.05, 3.63) is 144 Å². The molecule has 35 heavy (non-hydrogen) atoms. The van der Waals surface area contributed by atoms with Crippen LogP contribution < -0.4 is 0 Å². The predicted molar refractivity (Wildman–Crippen MR) is 151 cm³/mol. The molecular weight excluding hydrogens is 444 g/mol. The first kappa shape index (κ1) is 25.2. The molecule has 0 aliphatic heterocycles. The molecule has 0 N–H and O–H groups in total. The number of benzene rings is 4. The van der Waals surface area contributed by atoms with Gasteiger partial charge in [-0.05, 0) is 22.3 Å². The average molecular weight is 481 g/mol. The summed E-state index contributed by atoms with van der Waals surface area (Å²) in [6.07, 6.45) is 0. The van der Waals surface area contributed by atoms with Crippen LogP contribution in [-0.2, 0) is 25.4 Å². The summed E-state index contributed by atoms with van der Waals surface area (Å²) < 4.78 is 0. The maximum absolute atomic E-state index is 2.62. The summed E-state index contributed by atoms with van der Waals surface area (Å²) in [5.74, 6) is 2.22. The van der Waals surface area contributed by atoms with Gasteiger partial charge in [-0.2, -0.15) is 11.8 Å². The lowest BCUT2D eigenvalue weighted by Crippen LogP contribution is -2.35. The van der Waals surface area contributed by atoms with Crippen LogP contribution >= 0.6 is 11.8 Å². The van der Waals surface area contributed by atoms with Crippen molar-refractivity contribution < 1.29 is 0 Å². The normalized spacial score (nSPS) is 11.3. The molecule has 0 saturated heterocycles. The summed E-state index contributed by atoms with van der Waals surface area (Å²) >= 11 is 2.03. The van der Waals surface area contributed by atoms with Crippen molar-refractivity contribution in [1.82, 2.24) is 9.80 Å². The standard InChI is InChI=1S/C32H36N2S/c1-5-13-29(14-6-1)25-33(23-24-35-28-32-19-11-4-12-20-32)21-22-34(26-30-15-7-2-8-16-30)27-31-17-9-3-10-18-31/h1-20H,21-28H2. The highest BCUT2D eigenvalue weighted by atomic mass is 32.2. The van der Waals surface area contributed by atoms with Crippen molar-refractivity contribution in [2.75, 3.05) is 25.4 Å². The van der Waals surface area contributed by atoms with Gasteiger partial charge in [0.25, 0.3) is 0 Å². The molecule has 0 aliphatic carbocycles. The third-order valence-electron chi connectivity index (χ3n) is 6.14. The quantitative estimate of drug-likeness (QED) is 0.177. The van der Waals surface area contributed by atoms with E-state index in [1.165, 1.54) is 22.3 Å². The minimum Gasteiger partial charge on any atom is -0.297 e. The van der Waals surface area contributed by atoms with E-state index >= 15 is 0 Å². The Morgan fingerprint density at radius 1 is 0.400 bits per heavy atom. The van der Waals surface area contributed by atoms with Crippen LogP contribution in [0.1, 0.15) is 22.3 Å². The van der Waals surface area contributed by atoms with Crippen LogP contribution in [0.15, 0.2) is 121 Å². The Kier molecular flexibility index (Phi) is 10.5. The molecule has 4 aromatic rings. The van der Waals surface area contributed by atoms with Crippen LogP contribution in [-0.4, -0.2) is 35.2 Å². The Morgan fingerprint density at radius 2 is 0.771 bits per heavy atom. The molecule has 0 spiro atoms. The van der Waals surface area contributed by atoms with Gasteiger partial charge in [0.15, 0.2) is 0 Å². The third kappa shape index (κ3) is 9.37. The van der Waals surface area contributed by atoms with Crippen LogP contribution in [0, 0.1) is 0 Å². The van der Waals surface area contributed by atoms with Gasteiger partial charge in [0, 0.05) is 50.8 Å². The zero-order valence-corrected chi connectivity index (χ0v) is 21.3. The zero-order chi connectivity index (χ0) is 24.0. The van der Waals surface area contributed by atoms with Crippen molar-refractivity contribution in [3.8, 4) is 0 Å². The molecule has 0 saturated carbocycles. The largest absolute Gasteiger partial charge is 0.297 e. The minimum absolute atomic E-state index is 0.970. The fourth-order valence-electron chi connectivity index (χ4n) is 4.25. The molecule has 0 bridgehead atoms. The van der Waals surface area contributed by atoms with E-state index in [2.05, 4.69) is 131 Å². The van der Waals surface area contributed by atoms with E-state index in [4.69, 9.17) is 0 Å². The lowest BCUT2D eigenvalue weighted by atomic mass is 10.1. The molecule has 0 unspecified atom stereocenters. The first-order valence-electron chi connectivity index (χ1n) is 12.5. The Hall–Kier alpha value is -2.85. The van der Waals surface area contributed by atoms with Gasteiger partial charge >= 0.3 is 0 Å². The number of nitrogens with zero attached hydrogens (tertiary/aromatic N) is 2. The lowest BCUT2D eigenvalue weighted by Gasteiger charge is -2.28. The van der Waals surface area contributed by atoms with Crippen LogP contribution in [0.3, 0.4) is 0 Å². The van der Waals surface area contributed by atoms with E-state index in [1.54, 1.807) is 0 Å². The van der Waals surface area contributed by atoms with Crippen molar-refractivity contribution in [3.63, 3.8) is 0 Å². The molecule has 0 aliphatic rings. The molecule has 2 nitrogen and oxygen atoms in total. The van der Waals surface area contributed by atoms with Crippen LogP contribution in [0.4, 0.5) is 0 Å². The van der Waals surface area contributed by atoms with Gasteiger partial charge in [-0.25, -0.2) is 0 Å². The van der Waals surface area contributed by atoms with Crippen LogP contribution in [0.25, 0.3) is 0 Å². The average Bonchev–Trinajstić information content (AvgIpc) is 2.92. The van der Waals surface area contributed by atoms with E-state index in [9.17, 15) is 0 Å². The maximum Gasteiger partial charge on any atom is 0.0237 e. The Morgan fingerprint density at radius 3 is 1.23 bits per heavy atom. The second-order valence-corrected chi connectivity index (χ2v) is 10.1. The molecule has 0 heterocycles. The van der Waals surface area contributed by atoms with Crippen molar-refractivity contribution in [1.29, 1.82) is 0 Å². The molecular formula is C32H36N2S. The van der Waals surface area contributed by atoms with Gasteiger partial charge in [-0.1, -0.05) is 121 Å². The molecule has 0 radical (unpaired) electrons. The smallest absolute Gasteiger partial charge is 0.0237 e. The van der Waals surface area contributed by atoms with Gasteiger partial charge in [-0.3, -0.25) is 9.80 Å². The highest BCUT2D eigenvalue weighted by Gasteiger charge is 2.12. The van der Waals surface area contributed by atoms with E-state index in [1.807, 2.05) is 11.8 Å². The number of thioether (sulfide) groups is 1. The summed E-state index contributed by atoms with van der Waals surface area (Å²) in [6, 6.07) is 43.4. The highest BCUT2D eigenvalue weighted by Crippen LogP contribution is 2.14. The second-order valence-electron chi connectivity index (χ2n) is 8.98. The minimum atomic E-state index is 0.970. The van der Waals surface area contributed by atoms with Crippen molar-refractivity contribution in [2.24, 2.45) is 0 Å². The Labute approximate surface area is 215 Å². The first-order valence-corrected chi connectivity index (χ1v) is 13.7. The molecule has 0 amide bonds. The molecule has 0 aromatic heterocycles. The van der Waals surface area contributed by atoms with Gasteiger partial charge in [0.05, 0.1) is 0 Å². The maximum atomic E-state index is 2.62. The van der Waals surface area contributed by atoms with Crippen LogP contribution in [0.2, 0.25) is 0 Å². The van der Waals surface area contributed by atoms with E-state index < -0.39 is 0 Å². The Bertz CT molecular complexity index is 1030. The summed E-state index contributed by atoms with van der Waals surface area (Å²) in [7, 11) is 0. The lowest BCUT2D eigenvalue weighted by molar-refractivity contribution is 0.194. The molecule has 4 aromatic carbocycles. The monoisotopic (exact) mass is 480 g/mol. The van der Waals surface area contributed by atoms with E-state index in [0.717, 1.165) is 50.8 Å². The third-order valence-corrected chi connectivity index (χ3v) is 7.15. The van der Waals surface area contributed by atoms with Crippen LogP contribution in [0.5, 0.6) is 0 Å². The van der Waals surface area contributed by atoms with Gasteiger partial charge < -0.3 is 0 Å². The van der Waals surface area contributed by atoms with E-state index in [0.29, 0.717) is 0 Å². The van der Waals surface area contributed by atoms with E-state index in [-0.39, 0.29) is 0 Å². The van der Waals surface area contributed by atoms with Crippen molar-refractivity contribution >= 4 is 11.8 Å². The van der Waals surface area contributed by atoms with Gasteiger partial charge in [0.1, 0.15) is 0 Å². The summed E-state index contributed by atoms with van der Waals surface area (Å²) in [6.45, 7) is 6.13. The summed E-state index contributed by atoms with van der Waals surface area (Å²) in [5.41, 5.74) is 5.54. The first-order chi connectivity index (χ1) is 17.3. The number of rotatable bonds is 14. The number of hydrogen-bond donors (Lipinski definition) is 0. The van der Waals surface area contributed by atoms with Gasteiger partial charge in [-0.15, -0.1) is 0 Å². The summed E-state index contributed by atoms with van der Waals surface area (Å²) in [5, 5.41) is 0. The molecule has 180 valence electrons. The predicted octanol–water partition coefficient (Wildman–Crippen LogP) is 7.12. The molecule has 3 heteroatoms. The van der Waals surface area contributed by atoms with Crippen molar-refractivity contribution in [2.45, 2.75) is 25.4 Å². The molecule has 0 atom stereocenters. The molecule has 4 rings (SSSR count). The Balaban J connectivity index is 1.37. The van der Waals surface area contributed by atoms with Gasteiger partial charge in [0.2, 0.25) is 0 Å². The zero-order valence-electron chi connectivity index (χ0n) is 20.5.